The third-order valence-corrected chi connectivity index (χ3v) is 4.18. The summed E-state index contributed by atoms with van der Waals surface area (Å²) in [5.41, 5.74) is -1.04. The fraction of sp³-hybridized carbons (Fsp3) is 0.545. The third kappa shape index (κ3) is 2.37. The quantitative estimate of drug-likeness (QED) is 0.819. The van der Waals surface area contributed by atoms with E-state index in [-0.39, 0.29) is 11.7 Å². The molecule has 0 radical (unpaired) electrons. The van der Waals surface area contributed by atoms with E-state index in [1.807, 2.05) is 0 Å². The summed E-state index contributed by atoms with van der Waals surface area (Å²) in [6, 6.07) is 0. The maximum Gasteiger partial charge on any atom is 0.262 e. The van der Waals surface area contributed by atoms with E-state index < -0.39 is 5.60 Å². The molecule has 1 aliphatic carbocycles. The number of aliphatic hydroxyl groups is 1. The molecule has 17 heavy (non-hydrogen) atoms. The Morgan fingerprint density at radius 2 is 2.18 bits per heavy atom. The van der Waals surface area contributed by atoms with E-state index in [9.17, 15) is 14.7 Å². The SMILES string of the molecule is CNC(=O)c1cnc(C2(O)CCC(=O)CC2)s1. The molecule has 6 heteroatoms. The zero-order valence-corrected chi connectivity index (χ0v) is 10.3. The molecule has 0 spiro atoms. The molecule has 2 N–H and O–H groups in total. The van der Waals surface area contributed by atoms with Crippen LogP contribution in [0.2, 0.25) is 0 Å². The van der Waals surface area contributed by atoms with Crippen LogP contribution in [0, 0.1) is 0 Å². The highest BCUT2D eigenvalue weighted by Gasteiger charge is 2.37. The summed E-state index contributed by atoms with van der Waals surface area (Å²) in [5, 5.41) is 13.4. The molecule has 1 saturated carbocycles. The molecule has 1 fully saturated rings. The summed E-state index contributed by atoms with van der Waals surface area (Å²) in [6.45, 7) is 0. The average molecular weight is 254 g/mol. The number of nitrogens with one attached hydrogen (secondary N) is 1. The summed E-state index contributed by atoms with van der Waals surface area (Å²) in [4.78, 5) is 27.1. The van der Waals surface area contributed by atoms with E-state index in [0.29, 0.717) is 35.6 Å². The van der Waals surface area contributed by atoms with Gasteiger partial charge in [0, 0.05) is 19.9 Å². The number of Topliss-reactive ketones (excluding diaryl/α,β-unsaturated/α-hetero) is 1. The van der Waals surface area contributed by atoms with E-state index in [0.717, 1.165) is 0 Å². The molecule has 92 valence electrons. The predicted octanol–water partition coefficient (Wildman–Crippen LogP) is 0.833. The minimum Gasteiger partial charge on any atom is -0.383 e. The van der Waals surface area contributed by atoms with Crippen molar-refractivity contribution in [3.8, 4) is 0 Å². The Hall–Kier alpha value is -1.27. The van der Waals surface area contributed by atoms with Crippen LogP contribution in [0.1, 0.15) is 40.4 Å². The number of carbonyl (C=O) groups is 2. The van der Waals surface area contributed by atoms with Crippen LogP contribution in [0.4, 0.5) is 0 Å². The van der Waals surface area contributed by atoms with E-state index >= 15 is 0 Å². The van der Waals surface area contributed by atoms with Gasteiger partial charge in [0.1, 0.15) is 21.3 Å². The Kier molecular flexibility index (Phi) is 3.26. The fourth-order valence-electron chi connectivity index (χ4n) is 1.87. The predicted molar refractivity (Wildman–Crippen MR) is 62.9 cm³/mol. The van der Waals surface area contributed by atoms with Crippen molar-refractivity contribution in [2.24, 2.45) is 0 Å². The van der Waals surface area contributed by atoms with Gasteiger partial charge in [-0.25, -0.2) is 4.98 Å². The standard InChI is InChI=1S/C11H14N2O3S/c1-12-9(15)8-6-13-10(17-8)11(16)4-2-7(14)3-5-11/h6,16H,2-5H2,1H3,(H,12,15). The number of hydrogen-bond acceptors (Lipinski definition) is 5. The van der Waals surface area contributed by atoms with Gasteiger partial charge in [0.2, 0.25) is 0 Å². The Morgan fingerprint density at radius 1 is 1.53 bits per heavy atom. The zero-order valence-electron chi connectivity index (χ0n) is 9.52. The van der Waals surface area contributed by atoms with Gasteiger partial charge in [-0.2, -0.15) is 0 Å². The normalized spacial score (nSPS) is 19.1. The Morgan fingerprint density at radius 3 is 2.76 bits per heavy atom. The largest absolute Gasteiger partial charge is 0.383 e. The van der Waals surface area contributed by atoms with Gasteiger partial charge in [-0.05, 0) is 12.8 Å². The highest BCUT2D eigenvalue weighted by Crippen LogP contribution is 2.37. The van der Waals surface area contributed by atoms with Crippen LogP contribution in [0.15, 0.2) is 6.20 Å². The van der Waals surface area contributed by atoms with E-state index in [4.69, 9.17) is 0 Å². The van der Waals surface area contributed by atoms with Crippen LogP contribution >= 0.6 is 11.3 Å². The average Bonchev–Trinajstić information content (AvgIpc) is 2.82. The van der Waals surface area contributed by atoms with Crippen molar-refractivity contribution in [3.63, 3.8) is 0 Å². The van der Waals surface area contributed by atoms with E-state index in [1.165, 1.54) is 17.5 Å². The molecular weight excluding hydrogens is 240 g/mol. The molecule has 0 atom stereocenters. The molecule has 0 aromatic carbocycles. The number of amides is 1. The minimum atomic E-state index is -1.04. The van der Waals surface area contributed by atoms with Gasteiger partial charge in [-0.3, -0.25) is 9.59 Å². The highest BCUT2D eigenvalue weighted by molar-refractivity contribution is 7.13. The summed E-state index contributed by atoms with van der Waals surface area (Å²) < 4.78 is 0. The van der Waals surface area contributed by atoms with Gasteiger partial charge in [-0.1, -0.05) is 0 Å². The second kappa shape index (κ2) is 4.54. The zero-order chi connectivity index (χ0) is 12.5. The van der Waals surface area contributed by atoms with Crippen LogP contribution in [0.5, 0.6) is 0 Å². The lowest BCUT2D eigenvalue weighted by Crippen LogP contribution is -2.31. The summed E-state index contributed by atoms with van der Waals surface area (Å²) in [7, 11) is 1.55. The molecule has 1 heterocycles. The number of hydrogen-bond donors (Lipinski definition) is 2. The lowest BCUT2D eigenvalue weighted by atomic mass is 9.85. The second-order valence-electron chi connectivity index (χ2n) is 4.18. The lowest BCUT2D eigenvalue weighted by molar-refractivity contribution is -0.125. The number of ketones is 1. The van der Waals surface area contributed by atoms with Crippen molar-refractivity contribution in [2.45, 2.75) is 31.3 Å². The Balaban J connectivity index is 2.19. The topological polar surface area (TPSA) is 79.3 Å². The van der Waals surface area contributed by atoms with E-state index in [2.05, 4.69) is 10.3 Å². The molecular formula is C11H14N2O3S. The van der Waals surface area contributed by atoms with Crippen molar-refractivity contribution in [1.29, 1.82) is 0 Å². The third-order valence-electron chi connectivity index (χ3n) is 2.99. The number of rotatable bonds is 2. The Bertz CT molecular complexity index is 445. The van der Waals surface area contributed by atoms with Gasteiger partial charge in [0.05, 0.1) is 6.20 Å². The molecule has 0 aliphatic heterocycles. The van der Waals surface area contributed by atoms with Crippen LogP contribution < -0.4 is 5.32 Å². The van der Waals surface area contributed by atoms with Crippen LogP contribution in [-0.2, 0) is 10.4 Å². The highest BCUT2D eigenvalue weighted by atomic mass is 32.1. The first-order chi connectivity index (χ1) is 8.05. The van der Waals surface area contributed by atoms with Crippen LogP contribution in [0.25, 0.3) is 0 Å². The number of thiazole rings is 1. The first-order valence-corrected chi connectivity index (χ1v) is 6.29. The minimum absolute atomic E-state index is 0.178. The molecule has 0 saturated heterocycles. The molecule has 1 amide bonds. The first kappa shape index (κ1) is 12.2. The van der Waals surface area contributed by atoms with Crippen molar-refractivity contribution >= 4 is 23.0 Å². The summed E-state index contributed by atoms with van der Waals surface area (Å²) in [5.74, 6) is -0.0259. The van der Waals surface area contributed by atoms with Gasteiger partial charge < -0.3 is 10.4 Å². The Labute approximate surface area is 103 Å². The summed E-state index contributed by atoms with van der Waals surface area (Å²) in [6.07, 6.45) is 3.02. The molecule has 1 aromatic heterocycles. The molecule has 1 aliphatic rings. The fourth-order valence-corrected chi connectivity index (χ4v) is 2.88. The summed E-state index contributed by atoms with van der Waals surface area (Å²) >= 11 is 1.19. The van der Waals surface area contributed by atoms with Crippen molar-refractivity contribution in [2.75, 3.05) is 7.05 Å². The number of nitrogens with zero attached hydrogens (tertiary/aromatic N) is 1. The smallest absolute Gasteiger partial charge is 0.262 e. The van der Waals surface area contributed by atoms with Crippen LogP contribution in [0.3, 0.4) is 0 Å². The molecule has 2 rings (SSSR count). The van der Waals surface area contributed by atoms with Crippen molar-refractivity contribution in [1.82, 2.24) is 10.3 Å². The second-order valence-corrected chi connectivity index (χ2v) is 5.21. The van der Waals surface area contributed by atoms with Gasteiger partial charge >= 0.3 is 0 Å². The van der Waals surface area contributed by atoms with E-state index in [1.54, 1.807) is 7.05 Å². The monoisotopic (exact) mass is 254 g/mol. The van der Waals surface area contributed by atoms with Crippen LogP contribution in [-0.4, -0.2) is 28.8 Å². The van der Waals surface area contributed by atoms with Crippen molar-refractivity contribution in [3.05, 3.63) is 16.1 Å². The van der Waals surface area contributed by atoms with Crippen molar-refractivity contribution < 1.29 is 14.7 Å². The van der Waals surface area contributed by atoms with Gasteiger partial charge in [0.25, 0.3) is 5.91 Å². The molecule has 0 bridgehead atoms. The van der Waals surface area contributed by atoms with Gasteiger partial charge in [-0.15, -0.1) is 11.3 Å². The number of carbonyl (C=O) groups excluding carboxylic acids is 2. The maximum absolute atomic E-state index is 11.4. The number of aromatic nitrogens is 1. The lowest BCUT2D eigenvalue weighted by Gasteiger charge is -2.29. The maximum atomic E-state index is 11.4. The first-order valence-electron chi connectivity index (χ1n) is 5.47. The molecule has 1 aromatic rings. The van der Waals surface area contributed by atoms with Gasteiger partial charge in [0.15, 0.2) is 0 Å². The molecule has 5 nitrogen and oxygen atoms in total. The molecule has 0 unspecified atom stereocenters.